The van der Waals surface area contributed by atoms with Crippen molar-refractivity contribution in [3.63, 3.8) is 0 Å². The molecule has 82 valence electrons. The highest BCUT2D eigenvalue weighted by Gasteiger charge is 2.20. The molecule has 0 unspecified atom stereocenters. The molecule has 0 aliphatic heterocycles. The van der Waals surface area contributed by atoms with Crippen molar-refractivity contribution in [1.29, 1.82) is 0 Å². The van der Waals surface area contributed by atoms with Gasteiger partial charge in [0.05, 0.1) is 0 Å². The summed E-state index contributed by atoms with van der Waals surface area (Å²) in [5, 5.41) is -0.166. The Morgan fingerprint density at radius 1 is 1.14 bits per heavy atom. The molecule has 0 saturated heterocycles. The zero-order valence-corrected chi connectivity index (χ0v) is 9.85. The van der Waals surface area contributed by atoms with Crippen molar-refractivity contribution in [2.45, 2.75) is 58.3 Å². The Labute approximate surface area is 92.2 Å². The highest BCUT2D eigenvalue weighted by Crippen LogP contribution is 2.33. The predicted molar refractivity (Wildman–Crippen MR) is 60.5 cm³/mol. The average molecular weight is 217 g/mol. The van der Waals surface area contributed by atoms with Crippen molar-refractivity contribution in [2.24, 2.45) is 11.8 Å². The fraction of sp³-hybridized carbons (Fsp3) is 0.917. The van der Waals surface area contributed by atoms with E-state index in [1.54, 1.807) is 0 Å². The third-order valence-electron chi connectivity index (χ3n) is 3.41. The first-order valence-electron chi connectivity index (χ1n) is 5.90. The second kappa shape index (κ2) is 6.44. The fourth-order valence-electron chi connectivity index (χ4n) is 2.53. The Bertz CT molecular complexity index is 171. The van der Waals surface area contributed by atoms with Gasteiger partial charge in [-0.25, -0.2) is 0 Å². The van der Waals surface area contributed by atoms with Gasteiger partial charge in [-0.1, -0.05) is 45.4 Å². The third-order valence-corrected chi connectivity index (χ3v) is 3.60. The van der Waals surface area contributed by atoms with Gasteiger partial charge in [0.15, 0.2) is 0 Å². The van der Waals surface area contributed by atoms with Crippen LogP contribution in [0.3, 0.4) is 0 Å². The van der Waals surface area contributed by atoms with Gasteiger partial charge in [-0.05, 0) is 29.9 Å². The number of rotatable bonds is 5. The number of carbonyl (C=O) groups excluding carboxylic acids is 1. The summed E-state index contributed by atoms with van der Waals surface area (Å²) in [6.07, 6.45) is 9.66. The Balaban J connectivity index is 2.12. The molecule has 1 nitrogen and oxygen atoms in total. The van der Waals surface area contributed by atoms with Crippen LogP contribution in [-0.4, -0.2) is 5.24 Å². The average Bonchev–Trinajstić information content (AvgIpc) is 2.17. The lowest BCUT2D eigenvalue weighted by Crippen LogP contribution is -2.14. The maximum absolute atomic E-state index is 10.6. The second-order valence-corrected chi connectivity index (χ2v) is 4.99. The fourth-order valence-corrected chi connectivity index (χ4v) is 2.64. The molecule has 14 heavy (non-hydrogen) atoms. The first-order chi connectivity index (χ1) is 6.72. The summed E-state index contributed by atoms with van der Waals surface area (Å²) in [7, 11) is 0. The van der Waals surface area contributed by atoms with Crippen LogP contribution < -0.4 is 0 Å². The molecule has 0 N–H and O–H groups in total. The van der Waals surface area contributed by atoms with Crippen LogP contribution in [0.2, 0.25) is 0 Å². The van der Waals surface area contributed by atoms with Crippen LogP contribution in [-0.2, 0) is 4.79 Å². The minimum Gasteiger partial charge on any atom is -0.281 e. The zero-order chi connectivity index (χ0) is 10.4. The van der Waals surface area contributed by atoms with Crippen LogP contribution in [0.5, 0.6) is 0 Å². The van der Waals surface area contributed by atoms with E-state index in [0.29, 0.717) is 6.42 Å². The first-order valence-corrected chi connectivity index (χ1v) is 6.28. The summed E-state index contributed by atoms with van der Waals surface area (Å²) in [4.78, 5) is 10.6. The highest BCUT2D eigenvalue weighted by atomic mass is 35.5. The van der Waals surface area contributed by atoms with Gasteiger partial charge in [0, 0.05) is 6.42 Å². The predicted octanol–water partition coefficient (Wildman–Crippen LogP) is 4.14. The molecule has 1 aliphatic carbocycles. The normalized spacial score (nSPS) is 27.6. The Morgan fingerprint density at radius 2 is 1.64 bits per heavy atom. The maximum atomic E-state index is 10.6. The van der Waals surface area contributed by atoms with Crippen molar-refractivity contribution in [3.8, 4) is 0 Å². The summed E-state index contributed by atoms with van der Waals surface area (Å²) in [5.74, 6) is 1.73. The number of hydrogen-bond acceptors (Lipinski definition) is 1. The van der Waals surface area contributed by atoms with Crippen LogP contribution in [0.25, 0.3) is 0 Å². The molecule has 0 radical (unpaired) electrons. The van der Waals surface area contributed by atoms with E-state index in [1.807, 2.05) is 0 Å². The minimum absolute atomic E-state index is 0.166. The molecule has 0 aromatic heterocycles. The Kier molecular flexibility index (Phi) is 5.54. The molecule has 0 spiro atoms. The van der Waals surface area contributed by atoms with Crippen molar-refractivity contribution in [1.82, 2.24) is 0 Å². The molecule has 1 rings (SSSR count). The lowest BCUT2D eigenvalue weighted by Gasteiger charge is -2.27. The van der Waals surface area contributed by atoms with Gasteiger partial charge in [-0.15, -0.1) is 0 Å². The van der Waals surface area contributed by atoms with E-state index in [1.165, 1.54) is 38.5 Å². The quantitative estimate of drug-likeness (QED) is 0.632. The highest BCUT2D eigenvalue weighted by molar-refractivity contribution is 6.63. The number of carbonyl (C=O) groups is 1. The van der Waals surface area contributed by atoms with E-state index in [0.717, 1.165) is 18.3 Å². The molecule has 0 atom stereocenters. The summed E-state index contributed by atoms with van der Waals surface area (Å²) in [6, 6.07) is 0. The van der Waals surface area contributed by atoms with Crippen molar-refractivity contribution < 1.29 is 4.79 Å². The molecule has 1 saturated carbocycles. The van der Waals surface area contributed by atoms with Gasteiger partial charge in [0.1, 0.15) is 0 Å². The van der Waals surface area contributed by atoms with E-state index >= 15 is 0 Å². The van der Waals surface area contributed by atoms with Gasteiger partial charge < -0.3 is 0 Å². The van der Waals surface area contributed by atoms with Gasteiger partial charge in [-0.3, -0.25) is 4.79 Å². The molecule has 0 aromatic carbocycles. The van der Waals surface area contributed by atoms with Crippen LogP contribution in [0, 0.1) is 11.8 Å². The Morgan fingerprint density at radius 3 is 2.07 bits per heavy atom. The van der Waals surface area contributed by atoms with Gasteiger partial charge in [-0.2, -0.15) is 0 Å². The van der Waals surface area contributed by atoms with Gasteiger partial charge >= 0.3 is 0 Å². The Hall–Kier alpha value is -0.0400. The molecular weight excluding hydrogens is 196 g/mol. The molecule has 0 amide bonds. The van der Waals surface area contributed by atoms with E-state index in [4.69, 9.17) is 11.6 Å². The number of hydrogen-bond donors (Lipinski definition) is 0. The number of halogens is 1. The van der Waals surface area contributed by atoms with Gasteiger partial charge in [0.25, 0.3) is 0 Å². The van der Waals surface area contributed by atoms with E-state index in [9.17, 15) is 4.79 Å². The first kappa shape index (κ1) is 12.0. The molecule has 0 bridgehead atoms. The standard InChI is InChI=1S/C12H21ClO/c1-2-3-10-4-6-11(7-5-10)8-9-12(13)14/h10-11H,2-9H2,1H3. The molecular formula is C12H21ClO. The van der Waals surface area contributed by atoms with Crippen molar-refractivity contribution in [2.75, 3.05) is 0 Å². The largest absolute Gasteiger partial charge is 0.281 e. The summed E-state index contributed by atoms with van der Waals surface area (Å²) in [5.41, 5.74) is 0. The summed E-state index contributed by atoms with van der Waals surface area (Å²) >= 11 is 5.34. The van der Waals surface area contributed by atoms with Crippen molar-refractivity contribution in [3.05, 3.63) is 0 Å². The minimum atomic E-state index is -0.166. The van der Waals surface area contributed by atoms with Crippen LogP contribution >= 0.6 is 11.6 Å². The van der Waals surface area contributed by atoms with E-state index in [-0.39, 0.29) is 5.24 Å². The maximum Gasteiger partial charge on any atom is 0.221 e. The van der Waals surface area contributed by atoms with Crippen LogP contribution in [0.4, 0.5) is 0 Å². The smallest absolute Gasteiger partial charge is 0.221 e. The van der Waals surface area contributed by atoms with Gasteiger partial charge in [0.2, 0.25) is 5.24 Å². The molecule has 1 aliphatic rings. The molecule has 0 aromatic rings. The third kappa shape index (κ3) is 4.45. The zero-order valence-electron chi connectivity index (χ0n) is 9.10. The summed E-state index contributed by atoms with van der Waals surface area (Å²) < 4.78 is 0. The van der Waals surface area contributed by atoms with E-state index < -0.39 is 0 Å². The lowest BCUT2D eigenvalue weighted by molar-refractivity contribution is -0.112. The molecule has 0 heterocycles. The monoisotopic (exact) mass is 216 g/mol. The second-order valence-electron chi connectivity index (χ2n) is 4.57. The molecule has 1 fully saturated rings. The van der Waals surface area contributed by atoms with Crippen molar-refractivity contribution >= 4 is 16.8 Å². The SMILES string of the molecule is CCCC1CCC(CCC(=O)Cl)CC1. The van der Waals surface area contributed by atoms with Crippen LogP contribution in [0.15, 0.2) is 0 Å². The lowest BCUT2D eigenvalue weighted by atomic mass is 9.78. The molecule has 2 heteroatoms. The van der Waals surface area contributed by atoms with Crippen LogP contribution in [0.1, 0.15) is 58.3 Å². The summed E-state index contributed by atoms with van der Waals surface area (Å²) in [6.45, 7) is 2.26. The van der Waals surface area contributed by atoms with E-state index in [2.05, 4.69) is 6.92 Å². The topological polar surface area (TPSA) is 17.1 Å².